The van der Waals surface area contributed by atoms with E-state index in [4.69, 9.17) is 0 Å². The van der Waals surface area contributed by atoms with Crippen LogP contribution in [-0.4, -0.2) is 0 Å². The maximum absolute atomic E-state index is 2.67. The Morgan fingerprint density at radius 3 is 1.94 bits per heavy atom. The van der Waals surface area contributed by atoms with E-state index in [2.05, 4.69) is 117 Å². The topological polar surface area (TPSA) is 3.88 Å². The van der Waals surface area contributed by atoms with E-state index in [-0.39, 0.29) is 11.0 Å². The molecule has 0 radical (unpaired) electrons. The summed E-state index contributed by atoms with van der Waals surface area (Å²) in [6, 6.07) is 29.0. The van der Waals surface area contributed by atoms with Crippen molar-refractivity contribution in [3.8, 4) is 22.4 Å². The molecule has 0 saturated carbocycles. The number of aromatic nitrogens is 1. The highest BCUT2D eigenvalue weighted by atomic mass is 15.1. The van der Waals surface area contributed by atoms with Crippen molar-refractivity contribution in [2.24, 2.45) is 0 Å². The monoisotopic (exact) mass is 406 g/mol. The molecule has 1 aliphatic rings. The summed E-state index contributed by atoms with van der Waals surface area (Å²) in [6.45, 7) is 9.60. The van der Waals surface area contributed by atoms with Crippen molar-refractivity contribution in [2.75, 3.05) is 0 Å². The Morgan fingerprint density at radius 1 is 0.645 bits per heavy atom. The second-order valence-electron chi connectivity index (χ2n) is 9.14. The Bertz CT molecular complexity index is 1250. The Balaban J connectivity index is 2.00. The number of fused-ring (bicyclic) bond motifs is 5. The van der Waals surface area contributed by atoms with E-state index in [0.717, 1.165) is 19.3 Å². The van der Waals surface area contributed by atoms with E-state index in [1.807, 2.05) is 0 Å². The predicted octanol–water partition coefficient (Wildman–Crippen LogP) is 7.66. The predicted molar refractivity (Wildman–Crippen MR) is 131 cm³/mol. The third-order valence-corrected chi connectivity index (χ3v) is 8.20. The minimum atomic E-state index is 0.0268. The Morgan fingerprint density at radius 2 is 1.26 bits per heavy atom. The van der Waals surface area contributed by atoms with E-state index in [0.29, 0.717) is 0 Å². The van der Waals surface area contributed by atoms with Crippen LogP contribution in [0.4, 0.5) is 0 Å². The highest BCUT2D eigenvalue weighted by Crippen LogP contribution is 2.52. The van der Waals surface area contributed by atoms with Crippen molar-refractivity contribution < 1.29 is 4.57 Å². The van der Waals surface area contributed by atoms with Gasteiger partial charge < -0.3 is 0 Å². The van der Waals surface area contributed by atoms with Crippen molar-refractivity contribution in [1.29, 1.82) is 0 Å². The standard InChI is InChI=1S/C30H32N/c1-5-29(4)27-20-14-13-19-25(27)28-24-18-12-11-17-23(24)26(22-15-9-8-10-16-22)21-31(28)30(29,6-2)7-3/h8-21H,5-7H2,1-4H3/q+1. The lowest BCUT2D eigenvalue weighted by atomic mass is 9.58. The molecule has 0 N–H and O–H groups in total. The van der Waals surface area contributed by atoms with Crippen molar-refractivity contribution >= 4 is 10.8 Å². The number of benzene rings is 3. The van der Waals surface area contributed by atoms with Gasteiger partial charge in [-0.3, -0.25) is 0 Å². The lowest BCUT2D eigenvalue weighted by molar-refractivity contribution is -0.768. The zero-order chi connectivity index (χ0) is 21.6. The van der Waals surface area contributed by atoms with E-state index in [1.165, 1.54) is 38.7 Å². The molecule has 0 spiro atoms. The lowest BCUT2D eigenvalue weighted by Gasteiger charge is -2.48. The van der Waals surface area contributed by atoms with Gasteiger partial charge in [-0.05, 0) is 36.6 Å². The fourth-order valence-corrected chi connectivity index (χ4v) is 6.36. The average Bonchev–Trinajstić information content (AvgIpc) is 2.84. The molecule has 0 aliphatic carbocycles. The maximum Gasteiger partial charge on any atom is 0.221 e. The quantitative estimate of drug-likeness (QED) is 0.306. The van der Waals surface area contributed by atoms with Crippen LogP contribution in [0.25, 0.3) is 33.2 Å². The molecule has 1 aromatic heterocycles. The van der Waals surface area contributed by atoms with E-state index >= 15 is 0 Å². The molecule has 2 heterocycles. The van der Waals surface area contributed by atoms with Crippen molar-refractivity contribution in [1.82, 2.24) is 0 Å². The SMILES string of the molecule is CCC1(C)c2ccccc2-c2c3ccccc3c(-c3ccccc3)c[n+]2C1(CC)CC. The van der Waals surface area contributed by atoms with Crippen molar-refractivity contribution in [3.05, 3.63) is 90.6 Å². The third-order valence-electron chi connectivity index (χ3n) is 8.20. The molecule has 1 atom stereocenters. The number of hydrogen-bond acceptors (Lipinski definition) is 0. The summed E-state index contributed by atoms with van der Waals surface area (Å²) in [5, 5.41) is 2.68. The number of pyridine rings is 1. The first kappa shape index (κ1) is 20.0. The second kappa shape index (κ2) is 7.34. The summed E-state index contributed by atoms with van der Waals surface area (Å²) in [6.07, 6.45) is 5.79. The molecule has 1 aliphatic heterocycles. The first-order valence-electron chi connectivity index (χ1n) is 11.7. The van der Waals surface area contributed by atoms with Crippen LogP contribution < -0.4 is 4.57 Å². The summed E-state index contributed by atoms with van der Waals surface area (Å²) in [4.78, 5) is 0. The van der Waals surface area contributed by atoms with Gasteiger partial charge in [-0.15, -0.1) is 0 Å². The summed E-state index contributed by atoms with van der Waals surface area (Å²) in [5.74, 6) is 0. The summed E-state index contributed by atoms with van der Waals surface area (Å²) >= 11 is 0. The van der Waals surface area contributed by atoms with Crippen LogP contribution in [0.2, 0.25) is 0 Å². The lowest BCUT2D eigenvalue weighted by Crippen LogP contribution is -2.69. The largest absolute Gasteiger partial charge is 0.221 e. The molecule has 31 heavy (non-hydrogen) atoms. The van der Waals surface area contributed by atoms with Crippen LogP contribution in [0.3, 0.4) is 0 Å². The number of hydrogen-bond donors (Lipinski definition) is 0. The molecule has 1 unspecified atom stereocenters. The molecular formula is C30H32N+. The van der Waals surface area contributed by atoms with Crippen LogP contribution in [0.5, 0.6) is 0 Å². The smallest absolute Gasteiger partial charge is 0.191 e. The van der Waals surface area contributed by atoms with Crippen LogP contribution in [0.1, 0.15) is 52.5 Å². The Hall–Kier alpha value is -2.93. The molecule has 5 rings (SSSR count). The molecule has 1 heteroatoms. The normalized spacial score (nSPS) is 19.1. The average molecular weight is 407 g/mol. The van der Waals surface area contributed by atoms with Crippen LogP contribution in [0.15, 0.2) is 85.1 Å². The molecule has 0 fully saturated rings. The number of nitrogens with zero attached hydrogens (tertiary/aromatic N) is 1. The van der Waals surface area contributed by atoms with Gasteiger partial charge >= 0.3 is 0 Å². The van der Waals surface area contributed by atoms with Crippen molar-refractivity contribution in [3.63, 3.8) is 0 Å². The molecule has 4 aromatic rings. The molecule has 0 amide bonds. The zero-order valence-electron chi connectivity index (χ0n) is 19.2. The molecular weight excluding hydrogens is 374 g/mol. The Kier molecular flexibility index (Phi) is 4.73. The highest BCUT2D eigenvalue weighted by Gasteiger charge is 2.58. The van der Waals surface area contributed by atoms with Crippen LogP contribution >= 0.6 is 0 Å². The van der Waals surface area contributed by atoms with Gasteiger partial charge in [0.15, 0.2) is 11.7 Å². The third kappa shape index (κ3) is 2.59. The van der Waals surface area contributed by atoms with Gasteiger partial charge in [0, 0.05) is 18.2 Å². The minimum absolute atomic E-state index is 0.0268. The molecule has 3 aromatic carbocycles. The maximum atomic E-state index is 2.67. The van der Waals surface area contributed by atoms with Crippen LogP contribution in [-0.2, 0) is 11.0 Å². The van der Waals surface area contributed by atoms with Gasteiger partial charge in [-0.25, -0.2) is 0 Å². The van der Waals surface area contributed by atoms with Crippen molar-refractivity contribution in [2.45, 2.75) is 57.9 Å². The molecule has 1 nitrogen and oxygen atoms in total. The van der Waals surface area contributed by atoms with Crippen LogP contribution in [0, 0.1) is 0 Å². The van der Waals surface area contributed by atoms with E-state index in [1.54, 1.807) is 0 Å². The van der Waals surface area contributed by atoms with E-state index in [9.17, 15) is 0 Å². The first-order valence-corrected chi connectivity index (χ1v) is 11.7. The molecule has 0 bridgehead atoms. The van der Waals surface area contributed by atoms with Gasteiger partial charge in [0.2, 0.25) is 5.69 Å². The summed E-state index contributed by atoms with van der Waals surface area (Å²) in [5.41, 5.74) is 6.97. The second-order valence-corrected chi connectivity index (χ2v) is 9.14. The fourth-order valence-electron chi connectivity index (χ4n) is 6.36. The first-order chi connectivity index (χ1) is 15.1. The van der Waals surface area contributed by atoms with Gasteiger partial charge in [0.25, 0.3) is 0 Å². The molecule has 156 valence electrons. The minimum Gasteiger partial charge on any atom is -0.191 e. The Labute approximate surface area is 186 Å². The highest BCUT2D eigenvalue weighted by molar-refractivity contribution is 6.02. The number of rotatable bonds is 4. The summed E-state index contributed by atoms with van der Waals surface area (Å²) in [7, 11) is 0. The van der Waals surface area contributed by atoms with Gasteiger partial charge in [-0.1, -0.05) is 87.5 Å². The molecule has 0 saturated heterocycles. The van der Waals surface area contributed by atoms with Gasteiger partial charge in [0.1, 0.15) is 0 Å². The zero-order valence-corrected chi connectivity index (χ0v) is 19.2. The van der Waals surface area contributed by atoms with E-state index < -0.39 is 0 Å². The van der Waals surface area contributed by atoms with Gasteiger partial charge in [0.05, 0.1) is 21.9 Å². The fraction of sp³-hybridized carbons (Fsp3) is 0.300. The van der Waals surface area contributed by atoms with Gasteiger partial charge in [-0.2, -0.15) is 4.57 Å². The summed E-state index contributed by atoms with van der Waals surface area (Å²) < 4.78 is 2.67.